The Labute approximate surface area is 258 Å². The highest BCUT2D eigenvalue weighted by Crippen LogP contribution is 2.37. The lowest BCUT2D eigenvalue weighted by atomic mass is 9.87. The van der Waals surface area contributed by atoms with E-state index < -0.39 is 18.2 Å². The number of aldehydes is 1. The smallest absolute Gasteiger partial charge is 0.247 e. The van der Waals surface area contributed by atoms with Crippen molar-refractivity contribution in [3.8, 4) is 11.5 Å². The Morgan fingerprint density at radius 3 is 2.41 bits per heavy atom. The van der Waals surface area contributed by atoms with Crippen molar-refractivity contribution in [3.63, 3.8) is 0 Å². The summed E-state index contributed by atoms with van der Waals surface area (Å²) in [5.41, 5.74) is 0.801. The molecule has 0 bridgehead atoms. The largest absolute Gasteiger partial charge is 0.493 e. The minimum atomic E-state index is -1.11. The third kappa shape index (κ3) is 10.9. The van der Waals surface area contributed by atoms with E-state index >= 15 is 0 Å². The summed E-state index contributed by atoms with van der Waals surface area (Å²) in [5.74, 6) is 0.264. The molecule has 0 fully saturated rings. The lowest BCUT2D eigenvalue weighted by Gasteiger charge is -2.41. The predicted molar refractivity (Wildman–Crippen MR) is 167 cm³/mol. The number of hydrogen-bond acceptors (Lipinski definition) is 7. The molecule has 1 aliphatic carbocycles. The van der Waals surface area contributed by atoms with Gasteiger partial charge in [0.1, 0.15) is 18.5 Å². The third-order valence-electron chi connectivity index (χ3n) is 7.32. The molecule has 41 heavy (non-hydrogen) atoms. The fourth-order valence-electron chi connectivity index (χ4n) is 5.05. The molecule has 0 saturated carbocycles. The summed E-state index contributed by atoms with van der Waals surface area (Å²) in [7, 11) is 1.47. The molecule has 0 spiro atoms. The molecule has 3 unspecified atom stereocenters. The van der Waals surface area contributed by atoms with Gasteiger partial charge in [0.05, 0.1) is 23.3 Å². The quantitative estimate of drug-likeness (QED) is 0.109. The zero-order valence-corrected chi connectivity index (χ0v) is 26.9. The molecule has 2 rings (SSSR count). The molecular weight excluding hydrogens is 639 g/mol. The zero-order valence-electron chi connectivity index (χ0n) is 24.7. The summed E-state index contributed by atoms with van der Waals surface area (Å²) in [5, 5.41) is 23.6. The number of amides is 2. The summed E-state index contributed by atoms with van der Waals surface area (Å²) in [6, 6.07) is 2.54. The van der Waals surface area contributed by atoms with E-state index in [1.54, 1.807) is 23.1 Å². The van der Waals surface area contributed by atoms with Gasteiger partial charge in [-0.15, -0.1) is 0 Å². The molecule has 0 radical (unpaired) electrons. The maximum absolute atomic E-state index is 13.6. The van der Waals surface area contributed by atoms with Crippen molar-refractivity contribution >= 4 is 40.7 Å². The van der Waals surface area contributed by atoms with E-state index in [2.05, 4.69) is 19.2 Å². The average molecular weight is 687 g/mol. The van der Waals surface area contributed by atoms with Gasteiger partial charge in [-0.3, -0.25) is 14.4 Å². The van der Waals surface area contributed by atoms with Crippen LogP contribution in [-0.4, -0.2) is 78.3 Å². The van der Waals surface area contributed by atoms with Crippen molar-refractivity contribution < 1.29 is 34.1 Å². The number of ether oxygens (including phenoxy) is 2. The van der Waals surface area contributed by atoms with E-state index in [0.29, 0.717) is 45.5 Å². The van der Waals surface area contributed by atoms with Gasteiger partial charge in [-0.1, -0.05) is 58.8 Å². The van der Waals surface area contributed by atoms with Gasteiger partial charge >= 0.3 is 0 Å². The van der Waals surface area contributed by atoms with Gasteiger partial charge in [-0.25, -0.2) is 0 Å². The number of aliphatic hydroxyl groups excluding tert-OH is 2. The van der Waals surface area contributed by atoms with Crippen molar-refractivity contribution in [2.45, 2.75) is 103 Å². The fraction of sp³-hybridized carbons (Fsp3) is 0.645. The SMILES string of the molecule is CCCCCCCC(=O)N(CCCCCC)C1CC(C(=O)NCCO)=CC(Oc2c(I)cc(C=O)cc2OC)C1O. The number of hydrogen-bond donors (Lipinski definition) is 3. The number of benzene rings is 1. The maximum Gasteiger partial charge on any atom is 0.247 e. The van der Waals surface area contributed by atoms with Crippen molar-refractivity contribution in [3.05, 3.63) is 32.9 Å². The standard InChI is InChI=1S/C31H47IN2O7/c1-4-6-8-10-11-13-28(37)34(15-12-9-7-5-2)25-19-23(31(39)33-14-16-35)20-26(29(25)38)41-30-24(32)17-22(21-36)18-27(30)40-3/h17-18,20-21,25-26,29,35,38H,4-16,19H2,1-3H3,(H,33,39). The van der Waals surface area contributed by atoms with Crippen LogP contribution in [-0.2, 0) is 9.59 Å². The number of unbranched alkanes of at least 4 members (excludes halogenated alkanes) is 7. The summed E-state index contributed by atoms with van der Waals surface area (Å²) in [6.45, 7) is 4.66. The summed E-state index contributed by atoms with van der Waals surface area (Å²) < 4.78 is 12.4. The van der Waals surface area contributed by atoms with Crippen LogP contribution in [0, 0.1) is 3.57 Å². The Balaban J connectivity index is 2.41. The minimum absolute atomic E-state index is 0.0275. The molecule has 1 aromatic rings. The first-order valence-electron chi connectivity index (χ1n) is 14.9. The van der Waals surface area contributed by atoms with Crippen LogP contribution >= 0.6 is 22.6 Å². The van der Waals surface area contributed by atoms with Crippen molar-refractivity contribution in [1.82, 2.24) is 10.2 Å². The van der Waals surface area contributed by atoms with Crippen LogP contribution in [0.3, 0.4) is 0 Å². The van der Waals surface area contributed by atoms with Gasteiger partial charge in [0.15, 0.2) is 11.5 Å². The van der Waals surface area contributed by atoms with E-state index in [-0.39, 0.29) is 31.4 Å². The van der Waals surface area contributed by atoms with E-state index in [1.807, 2.05) is 22.6 Å². The first kappa shape index (κ1) is 35.0. The molecule has 0 aliphatic heterocycles. The van der Waals surface area contributed by atoms with Crippen molar-refractivity contribution in [1.29, 1.82) is 0 Å². The zero-order chi connectivity index (χ0) is 30.2. The number of methoxy groups -OCH3 is 1. The monoisotopic (exact) mass is 686 g/mol. The van der Waals surface area contributed by atoms with Crippen LogP contribution < -0.4 is 14.8 Å². The lowest BCUT2D eigenvalue weighted by Crippen LogP contribution is -2.55. The van der Waals surface area contributed by atoms with Gasteiger partial charge in [-0.05, 0) is 53.6 Å². The Hall–Kier alpha value is -2.18. The Morgan fingerprint density at radius 1 is 1.10 bits per heavy atom. The number of nitrogens with zero attached hydrogens (tertiary/aromatic N) is 1. The highest BCUT2D eigenvalue weighted by atomic mass is 127. The molecule has 0 heterocycles. The predicted octanol–water partition coefficient (Wildman–Crippen LogP) is 4.80. The number of rotatable bonds is 19. The molecule has 2 amide bonds. The fourth-order valence-corrected chi connectivity index (χ4v) is 5.80. The second-order valence-corrected chi connectivity index (χ2v) is 11.6. The van der Waals surface area contributed by atoms with E-state index in [1.165, 1.54) is 7.11 Å². The lowest BCUT2D eigenvalue weighted by molar-refractivity contribution is -0.138. The second kappa shape index (κ2) is 19.1. The number of carbonyl (C=O) groups is 3. The van der Waals surface area contributed by atoms with Crippen LogP contribution in [0.1, 0.15) is 94.8 Å². The minimum Gasteiger partial charge on any atom is -0.493 e. The van der Waals surface area contributed by atoms with Gasteiger partial charge in [-0.2, -0.15) is 0 Å². The molecule has 3 atom stereocenters. The number of aliphatic hydroxyl groups is 2. The molecule has 0 aromatic heterocycles. The Kier molecular flexibility index (Phi) is 16.3. The molecule has 3 N–H and O–H groups in total. The van der Waals surface area contributed by atoms with Gasteiger partial charge in [0, 0.05) is 37.1 Å². The van der Waals surface area contributed by atoms with Gasteiger partial charge in [0.2, 0.25) is 11.8 Å². The van der Waals surface area contributed by atoms with Crippen LogP contribution in [0.2, 0.25) is 0 Å². The normalized spacial score (nSPS) is 18.4. The molecule has 10 heteroatoms. The first-order chi connectivity index (χ1) is 19.8. The van der Waals surface area contributed by atoms with Crippen LogP contribution in [0.4, 0.5) is 0 Å². The summed E-state index contributed by atoms with van der Waals surface area (Å²) >= 11 is 2.04. The third-order valence-corrected chi connectivity index (χ3v) is 8.12. The molecule has 230 valence electrons. The Morgan fingerprint density at radius 2 is 1.78 bits per heavy atom. The van der Waals surface area contributed by atoms with Crippen LogP contribution in [0.5, 0.6) is 11.5 Å². The van der Waals surface area contributed by atoms with Crippen molar-refractivity contribution in [2.75, 3.05) is 26.8 Å². The van der Waals surface area contributed by atoms with Gasteiger partial charge in [0.25, 0.3) is 0 Å². The number of carbonyl (C=O) groups excluding carboxylic acids is 3. The van der Waals surface area contributed by atoms with E-state index in [0.717, 1.165) is 57.8 Å². The summed E-state index contributed by atoms with van der Waals surface area (Å²) in [6.07, 6.45) is 9.81. The van der Waals surface area contributed by atoms with Gasteiger partial charge < -0.3 is 29.9 Å². The van der Waals surface area contributed by atoms with Crippen molar-refractivity contribution in [2.24, 2.45) is 0 Å². The molecule has 9 nitrogen and oxygen atoms in total. The maximum atomic E-state index is 13.6. The molecular formula is C31H47IN2O7. The van der Waals surface area contributed by atoms with Crippen LogP contribution in [0.15, 0.2) is 23.8 Å². The van der Waals surface area contributed by atoms with Crippen LogP contribution in [0.25, 0.3) is 0 Å². The Bertz CT molecular complexity index is 1020. The topological polar surface area (TPSA) is 125 Å². The molecule has 1 aliphatic rings. The summed E-state index contributed by atoms with van der Waals surface area (Å²) in [4.78, 5) is 39.8. The molecule has 1 aromatic carbocycles. The second-order valence-electron chi connectivity index (χ2n) is 10.5. The first-order valence-corrected chi connectivity index (χ1v) is 16.0. The molecule has 0 saturated heterocycles. The number of halogens is 1. The number of nitrogens with one attached hydrogen (secondary N) is 1. The van der Waals surface area contributed by atoms with E-state index in [9.17, 15) is 24.6 Å². The highest BCUT2D eigenvalue weighted by molar-refractivity contribution is 14.1. The van der Waals surface area contributed by atoms with E-state index in [4.69, 9.17) is 9.47 Å². The highest BCUT2D eigenvalue weighted by Gasteiger charge is 2.40. The average Bonchev–Trinajstić information content (AvgIpc) is 2.97.